The van der Waals surface area contributed by atoms with Gasteiger partial charge in [-0.25, -0.2) is 13.6 Å². The van der Waals surface area contributed by atoms with Gasteiger partial charge in [0.15, 0.2) is 0 Å². The molecular formula is C17H24N2O2S. The molecule has 120 valence electrons. The molecule has 0 unspecified atom stereocenters. The Morgan fingerprint density at radius 2 is 1.73 bits per heavy atom. The van der Waals surface area contributed by atoms with Gasteiger partial charge in [0.1, 0.15) is 4.90 Å². The number of sulfonamides is 1. The Hall–Kier alpha value is -1.46. The summed E-state index contributed by atoms with van der Waals surface area (Å²) in [6.45, 7) is 2.21. The van der Waals surface area contributed by atoms with E-state index in [0.717, 1.165) is 23.9 Å². The minimum atomic E-state index is -3.74. The first-order valence-corrected chi connectivity index (χ1v) is 9.48. The molecule has 2 rings (SSSR count). The summed E-state index contributed by atoms with van der Waals surface area (Å²) in [5.41, 5.74) is 1.41. The van der Waals surface area contributed by atoms with Crippen LogP contribution in [0.15, 0.2) is 35.2 Å². The number of rotatable bonds is 8. The Morgan fingerprint density at radius 3 is 2.45 bits per heavy atom. The van der Waals surface area contributed by atoms with Crippen molar-refractivity contribution in [3.05, 3.63) is 36.0 Å². The topological polar surface area (TPSA) is 73.1 Å². The van der Waals surface area contributed by atoms with Gasteiger partial charge in [-0.15, -0.1) is 0 Å². The average Bonchev–Trinajstić information content (AvgIpc) is 2.49. The quantitative estimate of drug-likeness (QED) is 0.752. The van der Waals surface area contributed by atoms with E-state index in [4.69, 9.17) is 5.14 Å². The second-order valence-electron chi connectivity index (χ2n) is 5.69. The third-order valence-corrected chi connectivity index (χ3v) is 4.78. The molecule has 0 spiro atoms. The molecule has 2 N–H and O–H groups in total. The highest BCUT2D eigenvalue weighted by Crippen LogP contribution is 2.21. The van der Waals surface area contributed by atoms with Gasteiger partial charge in [-0.3, -0.25) is 4.98 Å². The SMILES string of the molecule is CCCCCCCCc1ccc2cccc(S(N)(=O)=O)c2n1. The van der Waals surface area contributed by atoms with Gasteiger partial charge >= 0.3 is 0 Å². The molecular weight excluding hydrogens is 296 g/mol. The van der Waals surface area contributed by atoms with Crippen LogP contribution in [0.25, 0.3) is 10.9 Å². The van der Waals surface area contributed by atoms with Crippen LogP contribution in [0.4, 0.5) is 0 Å². The Labute approximate surface area is 132 Å². The average molecular weight is 320 g/mol. The van der Waals surface area contributed by atoms with Crippen LogP contribution in [-0.4, -0.2) is 13.4 Å². The highest BCUT2D eigenvalue weighted by molar-refractivity contribution is 7.89. The number of fused-ring (bicyclic) bond motifs is 1. The van der Waals surface area contributed by atoms with E-state index in [1.54, 1.807) is 6.07 Å². The Balaban J connectivity index is 2.09. The summed E-state index contributed by atoms with van der Waals surface area (Å²) in [6.07, 6.45) is 8.24. The number of hydrogen-bond donors (Lipinski definition) is 1. The first kappa shape index (κ1) is 16.9. The van der Waals surface area contributed by atoms with E-state index in [1.807, 2.05) is 18.2 Å². The van der Waals surface area contributed by atoms with E-state index in [0.29, 0.717) is 5.52 Å². The van der Waals surface area contributed by atoms with Gasteiger partial charge in [-0.1, -0.05) is 57.2 Å². The third-order valence-electron chi connectivity index (χ3n) is 3.83. The van der Waals surface area contributed by atoms with Crippen LogP contribution in [0, 0.1) is 0 Å². The molecule has 4 nitrogen and oxygen atoms in total. The van der Waals surface area contributed by atoms with Gasteiger partial charge < -0.3 is 0 Å². The zero-order valence-corrected chi connectivity index (χ0v) is 13.9. The van der Waals surface area contributed by atoms with Gasteiger partial charge in [0.2, 0.25) is 10.0 Å². The molecule has 0 aliphatic rings. The minimum Gasteiger partial charge on any atom is -0.251 e. The fraction of sp³-hybridized carbons (Fsp3) is 0.471. The number of aromatic nitrogens is 1. The zero-order chi connectivity index (χ0) is 16.0. The number of nitrogens with two attached hydrogens (primary N) is 1. The normalized spacial score (nSPS) is 11.9. The fourth-order valence-electron chi connectivity index (χ4n) is 2.62. The summed E-state index contributed by atoms with van der Waals surface area (Å²) >= 11 is 0. The van der Waals surface area contributed by atoms with Crippen LogP contribution in [-0.2, 0) is 16.4 Å². The second kappa shape index (κ2) is 7.70. The van der Waals surface area contributed by atoms with Crippen molar-refractivity contribution < 1.29 is 8.42 Å². The maximum atomic E-state index is 11.7. The van der Waals surface area contributed by atoms with Gasteiger partial charge in [0.05, 0.1) is 5.52 Å². The summed E-state index contributed by atoms with van der Waals surface area (Å²) < 4.78 is 23.3. The van der Waals surface area contributed by atoms with E-state index in [-0.39, 0.29) is 4.90 Å². The molecule has 0 saturated heterocycles. The van der Waals surface area contributed by atoms with E-state index in [1.165, 1.54) is 38.2 Å². The molecule has 22 heavy (non-hydrogen) atoms. The predicted molar refractivity (Wildman–Crippen MR) is 90.2 cm³/mol. The number of benzene rings is 1. The molecule has 1 aromatic heterocycles. The molecule has 0 aliphatic heterocycles. The van der Waals surface area contributed by atoms with Crippen molar-refractivity contribution in [2.75, 3.05) is 0 Å². The molecule has 1 aromatic carbocycles. The van der Waals surface area contributed by atoms with E-state index < -0.39 is 10.0 Å². The highest BCUT2D eigenvalue weighted by atomic mass is 32.2. The standard InChI is InChI=1S/C17H24N2O2S/c1-2-3-4-5-6-7-10-15-13-12-14-9-8-11-16(17(14)19-15)22(18,20)21/h8-9,11-13H,2-7,10H2,1H3,(H2,18,20,21). The van der Waals surface area contributed by atoms with Crippen LogP contribution < -0.4 is 5.14 Å². The van der Waals surface area contributed by atoms with Crippen LogP contribution in [0.3, 0.4) is 0 Å². The van der Waals surface area contributed by atoms with Gasteiger partial charge in [-0.05, 0) is 25.0 Å². The van der Waals surface area contributed by atoms with E-state index in [9.17, 15) is 8.42 Å². The lowest BCUT2D eigenvalue weighted by Crippen LogP contribution is -2.13. The maximum Gasteiger partial charge on any atom is 0.240 e. The van der Waals surface area contributed by atoms with Gasteiger partial charge in [-0.2, -0.15) is 0 Å². The maximum absolute atomic E-state index is 11.7. The smallest absolute Gasteiger partial charge is 0.240 e. The Bertz CT molecular complexity index is 727. The highest BCUT2D eigenvalue weighted by Gasteiger charge is 2.13. The lowest BCUT2D eigenvalue weighted by atomic mass is 10.1. The molecule has 0 atom stereocenters. The number of pyridine rings is 1. The van der Waals surface area contributed by atoms with Crippen LogP contribution >= 0.6 is 0 Å². The Morgan fingerprint density at radius 1 is 1.00 bits per heavy atom. The molecule has 0 bridgehead atoms. The Kier molecular flexibility index (Phi) is 5.91. The third kappa shape index (κ3) is 4.52. The summed E-state index contributed by atoms with van der Waals surface area (Å²) in [5, 5.41) is 6.08. The second-order valence-corrected chi connectivity index (χ2v) is 7.22. The number of unbranched alkanes of at least 4 members (excludes halogenated alkanes) is 5. The lowest BCUT2D eigenvalue weighted by Gasteiger charge is -2.06. The fourth-order valence-corrected chi connectivity index (χ4v) is 3.32. The number of aryl methyl sites for hydroxylation is 1. The molecule has 5 heteroatoms. The van der Waals surface area contributed by atoms with E-state index >= 15 is 0 Å². The first-order chi connectivity index (χ1) is 10.5. The molecule has 0 radical (unpaired) electrons. The minimum absolute atomic E-state index is 0.106. The largest absolute Gasteiger partial charge is 0.251 e. The number of hydrogen-bond acceptors (Lipinski definition) is 3. The zero-order valence-electron chi connectivity index (χ0n) is 13.1. The lowest BCUT2D eigenvalue weighted by molar-refractivity contribution is 0.598. The first-order valence-electron chi connectivity index (χ1n) is 7.94. The van der Waals surface area contributed by atoms with Gasteiger partial charge in [0.25, 0.3) is 0 Å². The summed E-state index contributed by atoms with van der Waals surface area (Å²) in [4.78, 5) is 4.62. The molecule has 0 saturated carbocycles. The number of nitrogens with zero attached hydrogens (tertiary/aromatic N) is 1. The molecule has 0 amide bonds. The van der Waals surface area contributed by atoms with Crippen molar-refractivity contribution in [1.82, 2.24) is 4.98 Å². The van der Waals surface area contributed by atoms with Crippen molar-refractivity contribution in [2.24, 2.45) is 5.14 Å². The monoisotopic (exact) mass is 320 g/mol. The summed E-state index contributed by atoms with van der Waals surface area (Å²) in [6, 6.07) is 8.95. The van der Waals surface area contributed by atoms with Crippen LogP contribution in [0.2, 0.25) is 0 Å². The molecule has 0 fully saturated rings. The van der Waals surface area contributed by atoms with Crippen molar-refractivity contribution >= 4 is 20.9 Å². The molecule has 1 heterocycles. The van der Waals surface area contributed by atoms with Crippen LogP contribution in [0.5, 0.6) is 0 Å². The van der Waals surface area contributed by atoms with Crippen molar-refractivity contribution in [3.8, 4) is 0 Å². The van der Waals surface area contributed by atoms with Crippen LogP contribution in [0.1, 0.15) is 51.1 Å². The number of primary sulfonamides is 1. The molecule has 0 aliphatic carbocycles. The van der Waals surface area contributed by atoms with Crippen molar-refractivity contribution in [1.29, 1.82) is 0 Å². The summed E-state index contributed by atoms with van der Waals surface area (Å²) in [5.74, 6) is 0. The number of para-hydroxylation sites is 1. The van der Waals surface area contributed by atoms with Gasteiger partial charge in [0, 0.05) is 11.1 Å². The summed E-state index contributed by atoms with van der Waals surface area (Å²) in [7, 11) is -3.74. The van der Waals surface area contributed by atoms with E-state index in [2.05, 4.69) is 11.9 Å². The van der Waals surface area contributed by atoms with Crippen molar-refractivity contribution in [3.63, 3.8) is 0 Å². The predicted octanol–water partition coefficient (Wildman–Crippen LogP) is 3.79. The van der Waals surface area contributed by atoms with Crippen molar-refractivity contribution in [2.45, 2.75) is 56.8 Å². The molecule has 2 aromatic rings.